The smallest absolute Gasteiger partial charge is 0.265 e. The predicted octanol–water partition coefficient (Wildman–Crippen LogP) is 5.77. The maximum Gasteiger partial charge on any atom is 0.265 e. The van der Waals surface area contributed by atoms with Crippen LogP contribution in [0.15, 0.2) is 59.6 Å². The standard InChI is InChI=1S/C20H19Cl2N3O2S/c21-16-11-6-12-17(19(16)22)24-28(26,27)18-13-25(15-9-4-5-10-15)23-20(18)14-7-2-1-3-8-14/h1-3,6-8,11-13,15,24H,4-5,9-10H2. The molecule has 5 nitrogen and oxygen atoms in total. The van der Waals surface area contributed by atoms with Gasteiger partial charge in [-0.3, -0.25) is 9.40 Å². The zero-order valence-electron chi connectivity index (χ0n) is 15.0. The number of nitrogens with one attached hydrogen (secondary N) is 1. The van der Waals surface area contributed by atoms with Gasteiger partial charge in [0, 0.05) is 11.8 Å². The molecular formula is C20H19Cl2N3O2S. The average Bonchev–Trinajstić information content (AvgIpc) is 3.36. The summed E-state index contributed by atoms with van der Waals surface area (Å²) in [5, 5.41) is 5.10. The molecule has 0 spiro atoms. The minimum atomic E-state index is -3.92. The summed E-state index contributed by atoms with van der Waals surface area (Å²) in [5.74, 6) is 0. The van der Waals surface area contributed by atoms with E-state index < -0.39 is 10.0 Å². The first-order valence-electron chi connectivity index (χ1n) is 9.07. The van der Waals surface area contributed by atoms with Gasteiger partial charge in [0.05, 0.1) is 21.8 Å². The monoisotopic (exact) mass is 435 g/mol. The molecule has 1 saturated carbocycles. The Morgan fingerprint density at radius 2 is 1.71 bits per heavy atom. The number of hydrogen-bond acceptors (Lipinski definition) is 3. The van der Waals surface area contributed by atoms with Gasteiger partial charge in [0.15, 0.2) is 0 Å². The van der Waals surface area contributed by atoms with Crippen LogP contribution >= 0.6 is 23.2 Å². The van der Waals surface area contributed by atoms with Crippen LogP contribution in [0.4, 0.5) is 5.69 Å². The quantitative estimate of drug-likeness (QED) is 0.552. The Kier molecular flexibility index (Phi) is 5.36. The number of aromatic nitrogens is 2. The van der Waals surface area contributed by atoms with E-state index in [0.717, 1.165) is 31.2 Å². The van der Waals surface area contributed by atoms with Crippen molar-refractivity contribution >= 4 is 38.9 Å². The Morgan fingerprint density at radius 3 is 2.43 bits per heavy atom. The summed E-state index contributed by atoms with van der Waals surface area (Å²) in [7, 11) is -3.92. The van der Waals surface area contributed by atoms with E-state index in [2.05, 4.69) is 9.82 Å². The van der Waals surface area contributed by atoms with Crippen molar-refractivity contribution in [1.29, 1.82) is 0 Å². The molecule has 28 heavy (non-hydrogen) atoms. The SMILES string of the molecule is O=S(=O)(Nc1cccc(Cl)c1Cl)c1cn(C2CCCC2)nc1-c1ccccc1. The third-order valence-electron chi connectivity index (χ3n) is 4.93. The molecule has 1 aliphatic rings. The fourth-order valence-corrected chi connectivity index (χ4v) is 5.14. The van der Waals surface area contributed by atoms with E-state index >= 15 is 0 Å². The molecule has 1 N–H and O–H groups in total. The van der Waals surface area contributed by atoms with Crippen LogP contribution in [-0.2, 0) is 10.0 Å². The van der Waals surface area contributed by atoms with E-state index in [1.807, 2.05) is 30.3 Å². The van der Waals surface area contributed by atoms with Crippen molar-refractivity contribution < 1.29 is 8.42 Å². The molecule has 146 valence electrons. The lowest BCUT2D eigenvalue weighted by Gasteiger charge is -2.10. The molecule has 0 bridgehead atoms. The maximum absolute atomic E-state index is 13.2. The number of hydrogen-bond donors (Lipinski definition) is 1. The summed E-state index contributed by atoms with van der Waals surface area (Å²) in [6, 6.07) is 14.4. The highest BCUT2D eigenvalue weighted by molar-refractivity contribution is 7.92. The molecular weight excluding hydrogens is 417 g/mol. The number of anilines is 1. The molecule has 1 heterocycles. The van der Waals surface area contributed by atoms with E-state index in [1.165, 1.54) is 0 Å². The molecule has 3 aromatic rings. The van der Waals surface area contributed by atoms with Crippen LogP contribution in [0.3, 0.4) is 0 Å². The normalized spacial score (nSPS) is 15.1. The molecule has 0 aliphatic heterocycles. The van der Waals surface area contributed by atoms with Crippen LogP contribution in [0.2, 0.25) is 10.0 Å². The van der Waals surface area contributed by atoms with Gasteiger partial charge >= 0.3 is 0 Å². The van der Waals surface area contributed by atoms with E-state index in [4.69, 9.17) is 23.2 Å². The van der Waals surface area contributed by atoms with Crippen LogP contribution < -0.4 is 4.72 Å². The van der Waals surface area contributed by atoms with Gasteiger partial charge in [-0.05, 0) is 25.0 Å². The molecule has 0 unspecified atom stereocenters. The van der Waals surface area contributed by atoms with Gasteiger partial charge in [0.25, 0.3) is 10.0 Å². The van der Waals surface area contributed by atoms with E-state index in [1.54, 1.807) is 29.1 Å². The number of nitrogens with zero attached hydrogens (tertiary/aromatic N) is 2. The predicted molar refractivity (Wildman–Crippen MR) is 112 cm³/mol. The molecule has 1 fully saturated rings. The fourth-order valence-electron chi connectivity index (χ4n) is 3.51. The number of rotatable bonds is 5. The summed E-state index contributed by atoms with van der Waals surface area (Å²) in [5.41, 5.74) is 1.41. The lowest BCUT2D eigenvalue weighted by molar-refractivity contribution is 0.467. The van der Waals surface area contributed by atoms with Crippen molar-refractivity contribution in [2.75, 3.05) is 4.72 Å². The second-order valence-electron chi connectivity index (χ2n) is 6.83. The van der Waals surface area contributed by atoms with E-state index in [0.29, 0.717) is 5.69 Å². The van der Waals surface area contributed by atoms with Crippen LogP contribution in [0.1, 0.15) is 31.7 Å². The van der Waals surface area contributed by atoms with Crippen molar-refractivity contribution in [2.45, 2.75) is 36.6 Å². The summed E-state index contributed by atoms with van der Waals surface area (Å²) in [4.78, 5) is 0.127. The van der Waals surface area contributed by atoms with Gasteiger partial charge in [0.1, 0.15) is 10.6 Å². The van der Waals surface area contributed by atoms with Crippen molar-refractivity contribution in [3.63, 3.8) is 0 Å². The highest BCUT2D eigenvalue weighted by Gasteiger charge is 2.27. The van der Waals surface area contributed by atoms with Crippen LogP contribution in [0, 0.1) is 0 Å². The van der Waals surface area contributed by atoms with Gasteiger partial charge < -0.3 is 0 Å². The maximum atomic E-state index is 13.2. The largest absolute Gasteiger partial charge is 0.278 e. The zero-order chi connectivity index (χ0) is 19.7. The molecule has 0 radical (unpaired) electrons. The number of sulfonamides is 1. The first-order valence-corrected chi connectivity index (χ1v) is 11.3. The minimum absolute atomic E-state index is 0.127. The topological polar surface area (TPSA) is 64.0 Å². The molecule has 0 atom stereocenters. The van der Waals surface area contributed by atoms with Gasteiger partial charge in [-0.1, -0.05) is 72.4 Å². The highest BCUT2D eigenvalue weighted by Crippen LogP contribution is 2.35. The minimum Gasteiger partial charge on any atom is -0.278 e. The first kappa shape index (κ1) is 19.3. The summed E-state index contributed by atoms with van der Waals surface area (Å²) < 4.78 is 30.8. The van der Waals surface area contributed by atoms with Crippen LogP contribution in [-0.4, -0.2) is 18.2 Å². The highest BCUT2D eigenvalue weighted by atomic mass is 35.5. The third kappa shape index (κ3) is 3.77. The van der Waals surface area contributed by atoms with Crippen molar-refractivity contribution in [3.8, 4) is 11.3 Å². The Balaban J connectivity index is 1.79. The Morgan fingerprint density at radius 1 is 1.00 bits per heavy atom. The molecule has 0 amide bonds. The Labute approximate surface area is 174 Å². The van der Waals surface area contributed by atoms with Crippen molar-refractivity contribution in [3.05, 3.63) is 64.8 Å². The third-order valence-corrected chi connectivity index (χ3v) is 7.12. The number of benzene rings is 2. The first-order chi connectivity index (χ1) is 13.5. The molecule has 2 aromatic carbocycles. The summed E-state index contributed by atoms with van der Waals surface area (Å²) in [6.07, 6.45) is 5.89. The van der Waals surface area contributed by atoms with Crippen LogP contribution in [0.25, 0.3) is 11.3 Å². The average molecular weight is 436 g/mol. The molecule has 4 rings (SSSR count). The van der Waals surface area contributed by atoms with Crippen LogP contribution in [0.5, 0.6) is 0 Å². The van der Waals surface area contributed by atoms with Gasteiger partial charge in [-0.25, -0.2) is 8.42 Å². The Bertz CT molecular complexity index is 1090. The fraction of sp³-hybridized carbons (Fsp3) is 0.250. The van der Waals surface area contributed by atoms with Crippen molar-refractivity contribution in [1.82, 2.24) is 9.78 Å². The molecule has 0 saturated heterocycles. The molecule has 1 aliphatic carbocycles. The van der Waals surface area contributed by atoms with Crippen molar-refractivity contribution in [2.24, 2.45) is 0 Å². The second kappa shape index (κ2) is 7.78. The summed E-state index contributed by atoms with van der Waals surface area (Å²) >= 11 is 12.2. The molecule has 8 heteroatoms. The summed E-state index contributed by atoms with van der Waals surface area (Å²) in [6.45, 7) is 0. The van der Waals surface area contributed by atoms with E-state index in [9.17, 15) is 8.42 Å². The van der Waals surface area contributed by atoms with E-state index in [-0.39, 0.29) is 26.7 Å². The number of halogens is 2. The zero-order valence-corrected chi connectivity index (χ0v) is 17.3. The van der Waals surface area contributed by atoms with Gasteiger partial charge in [-0.2, -0.15) is 5.10 Å². The lowest BCUT2D eigenvalue weighted by Crippen LogP contribution is -2.14. The molecule has 1 aromatic heterocycles. The lowest BCUT2D eigenvalue weighted by atomic mass is 10.2. The van der Waals surface area contributed by atoms with Gasteiger partial charge in [0.2, 0.25) is 0 Å². The van der Waals surface area contributed by atoms with Gasteiger partial charge in [-0.15, -0.1) is 0 Å². The second-order valence-corrected chi connectivity index (χ2v) is 9.27. The Hall–Kier alpha value is -2.02.